The van der Waals surface area contributed by atoms with Crippen LogP contribution in [-0.4, -0.2) is 42.9 Å². The van der Waals surface area contributed by atoms with Crippen molar-refractivity contribution < 1.29 is 17.6 Å². The second-order valence-corrected chi connectivity index (χ2v) is 10.6. The number of rotatable bonds is 5. The first-order valence-corrected chi connectivity index (χ1v) is 12.1. The van der Waals surface area contributed by atoms with Gasteiger partial charge in [-0.25, -0.2) is 17.9 Å². The van der Waals surface area contributed by atoms with Gasteiger partial charge in [0, 0.05) is 25.2 Å². The summed E-state index contributed by atoms with van der Waals surface area (Å²) in [6.45, 7) is 5.50. The van der Waals surface area contributed by atoms with Gasteiger partial charge in [-0.15, -0.1) is 0 Å². The van der Waals surface area contributed by atoms with Crippen molar-refractivity contribution in [3.05, 3.63) is 28.7 Å². The van der Waals surface area contributed by atoms with Crippen LogP contribution in [0.3, 0.4) is 0 Å². The topological polar surface area (TPSA) is 102 Å². The molecule has 1 saturated heterocycles. The molecular weight excluding hydrogens is 406 g/mol. The highest BCUT2D eigenvalue weighted by Crippen LogP contribution is 2.24. The van der Waals surface area contributed by atoms with E-state index in [2.05, 4.69) is 18.6 Å². The van der Waals surface area contributed by atoms with E-state index >= 15 is 0 Å². The summed E-state index contributed by atoms with van der Waals surface area (Å²) in [5, 5.41) is 0. The lowest BCUT2D eigenvalue weighted by atomic mass is 9.92. The molecule has 1 amide bonds. The van der Waals surface area contributed by atoms with E-state index in [0.29, 0.717) is 30.4 Å². The molecule has 1 N–H and O–H groups in total. The van der Waals surface area contributed by atoms with E-state index in [1.165, 1.54) is 22.8 Å². The van der Waals surface area contributed by atoms with E-state index in [4.69, 9.17) is 4.42 Å². The Labute approximate surface area is 176 Å². The highest BCUT2D eigenvalue weighted by atomic mass is 32.2. The molecule has 2 aliphatic rings. The number of likely N-dealkylation sites (tertiary alicyclic amines) is 1. The van der Waals surface area contributed by atoms with Gasteiger partial charge >= 0.3 is 5.76 Å². The van der Waals surface area contributed by atoms with Gasteiger partial charge in [-0.1, -0.05) is 26.7 Å². The van der Waals surface area contributed by atoms with Crippen LogP contribution in [-0.2, 0) is 21.4 Å². The van der Waals surface area contributed by atoms with Crippen molar-refractivity contribution in [2.75, 3.05) is 13.1 Å². The van der Waals surface area contributed by atoms with Crippen LogP contribution in [0, 0.1) is 11.8 Å². The predicted octanol–water partition coefficient (Wildman–Crippen LogP) is 2.32. The van der Waals surface area contributed by atoms with Gasteiger partial charge in [-0.05, 0) is 43.2 Å². The molecule has 9 heteroatoms. The van der Waals surface area contributed by atoms with Gasteiger partial charge in [0.1, 0.15) is 6.54 Å². The molecule has 0 spiro atoms. The fourth-order valence-electron chi connectivity index (χ4n) is 4.80. The zero-order valence-electron chi connectivity index (χ0n) is 17.5. The van der Waals surface area contributed by atoms with Crippen LogP contribution in [0.25, 0.3) is 11.1 Å². The molecule has 2 aromatic rings. The summed E-state index contributed by atoms with van der Waals surface area (Å²) in [6, 6.07) is 4.31. The average molecular weight is 436 g/mol. The summed E-state index contributed by atoms with van der Waals surface area (Å²) in [5.74, 6) is 0.0684. The number of benzene rings is 1. The molecule has 1 aliphatic heterocycles. The van der Waals surface area contributed by atoms with Crippen molar-refractivity contribution in [1.29, 1.82) is 0 Å². The fraction of sp³-hybridized carbons (Fsp3) is 0.619. The Balaban J connectivity index is 1.56. The number of amides is 1. The maximum atomic E-state index is 12.8. The highest BCUT2D eigenvalue weighted by molar-refractivity contribution is 7.89. The van der Waals surface area contributed by atoms with Crippen LogP contribution in [0.15, 0.2) is 32.3 Å². The summed E-state index contributed by atoms with van der Waals surface area (Å²) >= 11 is 0. The van der Waals surface area contributed by atoms with E-state index < -0.39 is 15.8 Å². The molecule has 0 unspecified atom stereocenters. The maximum absolute atomic E-state index is 12.8. The van der Waals surface area contributed by atoms with Gasteiger partial charge in [0.25, 0.3) is 0 Å². The lowest BCUT2D eigenvalue weighted by Gasteiger charge is -2.35. The SMILES string of the molecule is C[C@@H]1C[C@H](C)CN(C(=O)Cn2c(=O)oc3cc(S(=O)(=O)NC4CCCC4)ccc32)C1. The van der Waals surface area contributed by atoms with Crippen LogP contribution in [0.1, 0.15) is 46.0 Å². The normalized spacial score (nSPS) is 23.3. The molecule has 2 heterocycles. The Kier molecular flexibility index (Phi) is 5.76. The van der Waals surface area contributed by atoms with E-state index in [0.717, 1.165) is 32.1 Å². The van der Waals surface area contributed by atoms with Crippen molar-refractivity contribution in [2.24, 2.45) is 11.8 Å². The number of hydrogen-bond donors (Lipinski definition) is 1. The zero-order valence-corrected chi connectivity index (χ0v) is 18.3. The number of hydrogen-bond acceptors (Lipinski definition) is 5. The van der Waals surface area contributed by atoms with Crippen LogP contribution >= 0.6 is 0 Å². The summed E-state index contributed by atoms with van der Waals surface area (Å²) in [7, 11) is -3.69. The Bertz CT molecular complexity index is 1090. The van der Waals surface area contributed by atoms with Gasteiger partial charge < -0.3 is 9.32 Å². The Hall–Kier alpha value is -2.13. The second kappa shape index (κ2) is 8.19. The van der Waals surface area contributed by atoms with Gasteiger partial charge in [-0.3, -0.25) is 9.36 Å². The summed E-state index contributed by atoms with van der Waals surface area (Å²) in [6.07, 6.45) is 4.80. The highest BCUT2D eigenvalue weighted by Gasteiger charge is 2.27. The van der Waals surface area contributed by atoms with Crippen molar-refractivity contribution in [1.82, 2.24) is 14.2 Å². The third kappa shape index (κ3) is 4.32. The Morgan fingerprint density at radius 1 is 1.17 bits per heavy atom. The quantitative estimate of drug-likeness (QED) is 0.777. The molecule has 30 heavy (non-hydrogen) atoms. The number of fused-ring (bicyclic) bond motifs is 1. The number of piperidine rings is 1. The van der Waals surface area contributed by atoms with Gasteiger partial charge in [0.15, 0.2) is 5.58 Å². The monoisotopic (exact) mass is 435 g/mol. The first-order chi connectivity index (χ1) is 14.2. The number of carbonyl (C=O) groups excluding carboxylic acids is 1. The van der Waals surface area contributed by atoms with Crippen molar-refractivity contribution in [3.63, 3.8) is 0 Å². The smallest absolute Gasteiger partial charge is 0.408 e. The minimum atomic E-state index is -3.69. The molecule has 2 atom stereocenters. The number of sulfonamides is 1. The summed E-state index contributed by atoms with van der Waals surface area (Å²) in [5.41, 5.74) is 0.591. The Morgan fingerprint density at radius 2 is 1.83 bits per heavy atom. The number of carbonyl (C=O) groups is 1. The molecule has 2 fully saturated rings. The molecule has 0 radical (unpaired) electrons. The van der Waals surface area contributed by atoms with E-state index in [-0.39, 0.29) is 29.0 Å². The molecule has 1 saturated carbocycles. The standard InChI is InChI=1S/C21H29N3O5S/c1-14-9-15(2)12-23(11-14)20(25)13-24-18-8-7-17(10-19(18)29-21(24)26)30(27,28)22-16-5-3-4-6-16/h7-8,10,14-16,22H,3-6,9,11-13H2,1-2H3/t14-,15+. The van der Waals surface area contributed by atoms with E-state index in [9.17, 15) is 18.0 Å². The van der Waals surface area contributed by atoms with E-state index in [1.54, 1.807) is 4.90 Å². The molecule has 164 valence electrons. The Morgan fingerprint density at radius 3 is 2.50 bits per heavy atom. The van der Waals surface area contributed by atoms with Gasteiger partial charge in [0.2, 0.25) is 15.9 Å². The molecule has 1 aromatic heterocycles. The van der Waals surface area contributed by atoms with Crippen LogP contribution < -0.4 is 10.5 Å². The van der Waals surface area contributed by atoms with Crippen LogP contribution in [0.4, 0.5) is 0 Å². The first kappa shape index (κ1) is 21.1. The lowest BCUT2D eigenvalue weighted by Crippen LogP contribution is -2.44. The largest absolute Gasteiger partial charge is 0.420 e. The molecular formula is C21H29N3O5S. The minimum Gasteiger partial charge on any atom is -0.408 e. The van der Waals surface area contributed by atoms with E-state index in [1.807, 2.05) is 0 Å². The minimum absolute atomic E-state index is 0.0470. The molecule has 1 aliphatic carbocycles. The summed E-state index contributed by atoms with van der Waals surface area (Å²) < 4.78 is 34.6. The second-order valence-electron chi connectivity index (χ2n) is 8.93. The zero-order chi connectivity index (χ0) is 21.5. The van der Waals surface area contributed by atoms with Crippen molar-refractivity contribution in [2.45, 2.75) is 63.4 Å². The summed E-state index contributed by atoms with van der Waals surface area (Å²) in [4.78, 5) is 27.0. The third-order valence-corrected chi connectivity index (χ3v) is 7.66. The number of nitrogens with zero attached hydrogens (tertiary/aromatic N) is 2. The lowest BCUT2D eigenvalue weighted by molar-refractivity contribution is -0.134. The van der Waals surface area contributed by atoms with Crippen molar-refractivity contribution >= 4 is 27.0 Å². The first-order valence-electron chi connectivity index (χ1n) is 10.7. The molecule has 8 nitrogen and oxygen atoms in total. The van der Waals surface area contributed by atoms with Crippen LogP contribution in [0.2, 0.25) is 0 Å². The van der Waals surface area contributed by atoms with Crippen molar-refractivity contribution in [3.8, 4) is 0 Å². The number of aromatic nitrogens is 1. The third-order valence-electron chi connectivity index (χ3n) is 6.14. The number of oxazole rings is 1. The van der Waals surface area contributed by atoms with Crippen LogP contribution in [0.5, 0.6) is 0 Å². The molecule has 4 rings (SSSR count). The average Bonchev–Trinajstić information content (AvgIpc) is 3.28. The fourth-order valence-corrected chi connectivity index (χ4v) is 6.12. The maximum Gasteiger partial charge on any atom is 0.420 e. The number of nitrogens with one attached hydrogen (secondary N) is 1. The molecule has 0 bridgehead atoms. The van der Waals surface area contributed by atoms with Gasteiger partial charge in [-0.2, -0.15) is 0 Å². The van der Waals surface area contributed by atoms with Gasteiger partial charge in [0.05, 0.1) is 10.4 Å². The predicted molar refractivity (Wildman–Crippen MR) is 113 cm³/mol. The molecule has 1 aromatic carbocycles.